The van der Waals surface area contributed by atoms with Crippen LogP contribution in [0.25, 0.3) is 0 Å². The predicted molar refractivity (Wildman–Crippen MR) is 252 cm³/mol. The van der Waals surface area contributed by atoms with Crippen molar-refractivity contribution in [1.29, 1.82) is 0 Å². The smallest absolute Gasteiger partial charge is 0.0594 e. The van der Waals surface area contributed by atoms with Crippen molar-refractivity contribution in [3.05, 3.63) is 45.6 Å². The van der Waals surface area contributed by atoms with Crippen LogP contribution in [0.4, 0.5) is 0 Å². The number of hydrogen-bond donors (Lipinski definition) is 2. The van der Waals surface area contributed by atoms with Crippen LogP contribution in [0, 0.1) is 73.9 Å². The van der Waals surface area contributed by atoms with Gasteiger partial charge in [0, 0.05) is 0 Å². The van der Waals surface area contributed by atoms with Gasteiger partial charge in [0.1, 0.15) is 0 Å². The number of aliphatic hydroxyl groups is 2. The van der Waals surface area contributed by atoms with E-state index in [2.05, 4.69) is 102 Å². The lowest BCUT2D eigenvalue weighted by atomic mass is 9.43. The molecule has 2 N–H and O–H groups in total. The third kappa shape index (κ3) is 7.73. The minimum Gasteiger partial charge on any atom is -0.393 e. The van der Waals surface area contributed by atoms with E-state index < -0.39 is 0 Å². The molecule has 0 saturated heterocycles. The molecule has 8 aliphatic carbocycles. The lowest BCUT2D eigenvalue weighted by Gasteiger charge is -2.62. The minimum absolute atomic E-state index is 0.0356. The van der Waals surface area contributed by atoms with E-state index in [1.165, 1.54) is 127 Å². The molecule has 59 heavy (non-hydrogen) atoms. The highest BCUT2D eigenvalue weighted by Gasteiger charge is 2.63. The van der Waals surface area contributed by atoms with Gasteiger partial charge in [0.2, 0.25) is 0 Å². The van der Waals surface area contributed by atoms with Crippen LogP contribution in [-0.2, 0) is 0 Å². The Morgan fingerprint density at radius 2 is 1.24 bits per heavy atom. The molecule has 4 saturated carbocycles. The molecule has 0 aromatic heterocycles. The van der Waals surface area contributed by atoms with Gasteiger partial charge in [0.25, 0.3) is 0 Å². The van der Waals surface area contributed by atoms with Crippen molar-refractivity contribution in [3.8, 4) is 0 Å². The second-order valence-corrected chi connectivity index (χ2v) is 25.2. The van der Waals surface area contributed by atoms with Gasteiger partial charge in [0.05, 0.1) is 12.2 Å². The maximum atomic E-state index is 10.8. The first-order chi connectivity index (χ1) is 27.6. The van der Waals surface area contributed by atoms with E-state index in [9.17, 15) is 10.2 Å². The highest BCUT2D eigenvalue weighted by Crippen LogP contribution is 2.73. The van der Waals surface area contributed by atoms with Crippen molar-refractivity contribution >= 4 is 0 Å². The van der Waals surface area contributed by atoms with Crippen LogP contribution in [0.15, 0.2) is 45.6 Å². The Morgan fingerprint density at radius 1 is 0.610 bits per heavy atom. The van der Waals surface area contributed by atoms with Gasteiger partial charge in [-0.15, -0.1) is 0 Å². The van der Waals surface area contributed by atoms with Gasteiger partial charge in [-0.3, -0.25) is 0 Å². The fourth-order valence-electron chi connectivity index (χ4n) is 17.7. The molecule has 0 aromatic rings. The molecule has 0 aromatic carbocycles. The molecule has 0 bridgehead atoms. The molecule has 2 nitrogen and oxygen atoms in total. The number of rotatable bonds is 8. The van der Waals surface area contributed by atoms with Crippen molar-refractivity contribution in [1.82, 2.24) is 0 Å². The van der Waals surface area contributed by atoms with Crippen molar-refractivity contribution < 1.29 is 10.2 Å². The minimum atomic E-state index is -0.130. The topological polar surface area (TPSA) is 40.5 Å². The molecule has 0 aliphatic heterocycles. The Labute approximate surface area is 365 Å². The van der Waals surface area contributed by atoms with Gasteiger partial charge >= 0.3 is 0 Å². The predicted octanol–water partition coefficient (Wildman–Crippen LogP) is 15.9. The summed E-state index contributed by atoms with van der Waals surface area (Å²) in [6.45, 7) is 31.9. The van der Waals surface area contributed by atoms with Gasteiger partial charge < -0.3 is 10.2 Å². The summed E-state index contributed by atoms with van der Waals surface area (Å²) >= 11 is 0. The first-order valence-electron chi connectivity index (χ1n) is 25.7. The summed E-state index contributed by atoms with van der Waals surface area (Å²) in [5.41, 5.74) is 12.6. The third-order valence-electron chi connectivity index (χ3n) is 21.6. The zero-order valence-electron chi connectivity index (χ0n) is 41.1. The molecule has 8 aliphatic rings. The molecule has 0 radical (unpaired) electrons. The molecule has 334 valence electrons. The van der Waals surface area contributed by atoms with Crippen molar-refractivity contribution in [2.45, 2.75) is 237 Å². The van der Waals surface area contributed by atoms with Gasteiger partial charge in [-0.05, 0) is 236 Å². The van der Waals surface area contributed by atoms with Crippen LogP contribution in [0.3, 0.4) is 0 Å². The maximum absolute atomic E-state index is 10.8. The number of hydrogen-bond acceptors (Lipinski definition) is 2. The Balaban J connectivity index is 0.000000180. The highest BCUT2D eigenvalue weighted by molar-refractivity contribution is 5.39. The zero-order valence-corrected chi connectivity index (χ0v) is 41.1. The molecule has 0 spiro atoms. The number of fused-ring (bicyclic) bond motifs is 8. The van der Waals surface area contributed by atoms with E-state index >= 15 is 0 Å². The second kappa shape index (κ2) is 16.8. The molecule has 4 fully saturated rings. The van der Waals surface area contributed by atoms with Crippen LogP contribution in [0.1, 0.15) is 225 Å². The number of allylic oxidation sites excluding steroid dienone is 8. The zero-order chi connectivity index (χ0) is 42.9. The van der Waals surface area contributed by atoms with E-state index in [1.807, 2.05) is 22.3 Å². The van der Waals surface area contributed by atoms with E-state index in [-0.39, 0.29) is 17.6 Å². The van der Waals surface area contributed by atoms with E-state index in [4.69, 9.17) is 0 Å². The molecule has 0 amide bonds. The summed E-state index contributed by atoms with van der Waals surface area (Å²) < 4.78 is 0. The van der Waals surface area contributed by atoms with Crippen LogP contribution in [0.5, 0.6) is 0 Å². The van der Waals surface area contributed by atoms with Crippen LogP contribution >= 0.6 is 0 Å². The summed E-state index contributed by atoms with van der Waals surface area (Å²) in [5.74, 6) is 5.68. The van der Waals surface area contributed by atoms with E-state index in [1.54, 1.807) is 0 Å². The maximum Gasteiger partial charge on any atom is 0.0594 e. The average Bonchev–Trinajstić information content (AvgIpc) is 3.67. The summed E-state index contributed by atoms with van der Waals surface area (Å²) in [6, 6.07) is 0. The summed E-state index contributed by atoms with van der Waals surface area (Å²) in [4.78, 5) is 0. The monoisotopic (exact) mass is 811 g/mol. The van der Waals surface area contributed by atoms with Crippen molar-refractivity contribution in [2.75, 3.05) is 0 Å². The Morgan fingerprint density at radius 3 is 1.90 bits per heavy atom. The number of aliphatic hydroxyl groups excluding tert-OH is 2. The largest absolute Gasteiger partial charge is 0.393 e. The summed E-state index contributed by atoms with van der Waals surface area (Å²) in [6.07, 6.45) is 31.8. The van der Waals surface area contributed by atoms with Crippen LogP contribution in [-0.4, -0.2) is 22.4 Å². The molecular formula is C57H94O2. The summed E-state index contributed by atoms with van der Waals surface area (Å²) in [5, 5.41) is 21.0. The Hall–Kier alpha value is -1.12. The lowest BCUT2D eigenvalue weighted by Crippen LogP contribution is -2.55. The highest BCUT2D eigenvalue weighted by atomic mass is 16.3. The van der Waals surface area contributed by atoms with Crippen molar-refractivity contribution in [3.63, 3.8) is 0 Å². The SMILES string of the molecule is CC(C)=CCC[C@@H](C)[C@H]1CC[C@@]2(C)C3=C(CC[C@]12C)[C@@]1(C)CC[C@H](O)C(C)(C)[C@@H]1CC3.CC(C)=CCC[C@@H](C)[C@H]1CC[C@H]2C3=C(CC[C@]12C)[C@@]1(C)CC[C@H](O)C[C@@H]1CC3. The fourth-order valence-corrected chi connectivity index (χ4v) is 17.7. The van der Waals surface area contributed by atoms with E-state index in [0.717, 1.165) is 54.8 Å². The Bertz CT molecular complexity index is 1660. The third-order valence-corrected chi connectivity index (χ3v) is 21.6. The standard InChI is InChI=1S/C30H50O.C27H44O/c1-20(2)10-9-11-21(3)22-14-18-30(8)24-12-13-25-27(4,5)26(31)16-17-28(25,6)23(24)15-19-29(22,30)7;1-18(2)7-6-8-19(3)23-11-12-24-22-10-9-20-17-21(28)13-15-26(20,4)25(22)14-16-27(23,24)5/h10,21-22,25-26,31H,9,11-19H2,1-8H3;7,19-21,23-24,28H,6,8-17H2,1-5H3/t21-,22-,25+,26+,28-,29-,30+;19-,20+,21+,23-,24+,26+,27-/m11/s1. The van der Waals surface area contributed by atoms with Crippen LogP contribution in [0.2, 0.25) is 0 Å². The molecule has 0 heterocycles. The second-order valence-electron chi connectivity index (χ2n) is 25.2. The van der Waals surface area contributed by atoms with Gasteiger partial charge in [0.15, 0.2) is 0 Å². The quantitative estimate of drug-likeness (QED) is 0.240. The normalized spacial score (nSPS) is 44.4. The van der Waals surface area contributed by atoms with Crippen molar-refractivity contribution in [2.24, 2.45) is 73.9 Å². The van der Waals surface area contributed by atoms with E-state index in [0.29, 0.717) is 33.0 Å². The summed E-state index contributed by atoms with van der Waals surface area (Å²) in [7, 11) is 0. The molecule has 14 atom stereocenters. The molecule has 8 rings (SSSR count). The average molecular weight is 811 g/mol. The first-order valence-corrected chi connectivity index (χ1v) is 25.7. The van der Waals surface area contributed by atoms with Gasteiger partial charge in [-0.25, -0.2) is 0 Å². The molecular weight excluding hydrogens is 717 g/mol. The van der Waals surface area contributed by atoms with Gasteiger partial charge in [-0.1, -0.05) is 108 Å². The molecule has 0 unspecified atom stereocenters. The lowest BCUT2D eigenvalue weighted by molar-refractivity contribution is -0.0962. The first kappa shape index (κ1) is 45.9. The fraction of sp³-hybridized carbons (Fsp3) is 0.860. The van der Waals surface area contributed by atoms with Gasteiger partial charge in [-0.2, -0.15) is 0 Å². The Kier molecular flexibility index (Phi) is 13.1. The molecule has 2 heteroatoms. The van der Waals surface area contributed by atoms with Crippen LogP contribution < -0.4 is 0 Å².